The summed E-state index contributed by atoms with van der Waals surface area (Å²) in [6.45, 7) is 10.1. The van der Waals surface area contributed by atoms with Crippen molar-refractivity contribution in [3.05, 3.63) is 72.2 Å². The van der Waals surface area contributed by atoms with Crippen molar-refractivity contribution in [2.24, 2.45) is 0 Å². The van der Waals surface area contributed by atoms with Crippen LogP contribution in [-0.2, 0) is 0 Å². The highest BCUT2D eigenvalue weighted by Crippen LogP contribution is 2.22. The summed E-state index contributed by atoms with van der Waals surface area (Å²) in [6, 6.07) is 18.4. The van der Waals surface area contributed by atoms with E-state index in [0.29, 0.717) is 0 Å². The molecule has 0 amide bonds. The number of fused-ring (bicyclic) bond motifs is 1. The summed E-state index contributed by atoms with van der Waals surface area (Å²) < 4.78 is 0. The normalized spacial score (nSPS) is 10.8. The van der Waals surface area contributed by atoms with Crippen molar-refractivity contribution in [2.45, 2.75) is 40.5 Å². The molecule has 3 aromatic rings. The fraction of sp³-hybridized carbons (Fsp3) is 0.300. The Morgan fingerprint density at radius 3 is 2.09 bits per heavy atom. The number of benzene rings is 1. The SMILES string of the molecule is CC.CC.CC(c1ccccn1)c1ccc2ccccc2n1. The van der Waals surface area contributed by atoms with Crippen LogP contribution in [0.15, 0.2) is 60.8 Å². The van der Waals surface area contributed by atoms with Gasteiger partial charge in [-0.1, -0.05) is 65.0 Å². The molecule has 1 unspecified atom stereocenters. The first-order chi connectivity index (χ1) is 10.8. The Bertz CT molecular complexity index is 663. The molecule has 22 heavy (non-hydrogen) atoms. The van der Waals surface area contributed by atoms with Crippen LogP contribution < -0.4 is 0 Å². The molecule has 0 saturated carbocycles. The molecule has 0 N–H and O–H groups in total. The van der Waals surface area contributed by atoms with Crippen LogP contribution in [0.4, 0.5) is 0 Å². The Labute approximate surface area is 134 Å². The van der Waals surface area contributed by atoms with E-state index in [2.05, 4.69) is 30.1 Å². The van der Waals surface area contributed by atoms with Crippen molar-refractivity contribution < 1.29 is 0 Å². The lowest BCUT2D eigenvalue weighted by molar-refractivity contribution is 0.839. The average Bonchev–Trinajstić information content (AvgIpc) is 2.65. The second-order valence-electron chi connectivity index (χ2n) is 4.41. The maximum atomic E-state index is 4.71. The molecule has 2 nitrogen and oxygen atoms in total. The van der Waals surface area contributed by atoms with Gasteiger partial charge in [0.05, 0.1) is 5.52 Å². The number of aromatic nitrogens is 2. The Balaban J connectivity index is 0.000000561. The third kappa shape index (κ3) is 4.39. The van der Waals surface area contributed by atoms with Gasteiger partial charge in [-0.2, -0.15) is 0 Å². The molecule has 2 heterocycles. The third-order valence-corrected chi connectivity index (χ3v) is 3.20. The van der Waals surface area contributed by atoms with Crippen molar-refractivity contribution in [1.82, 2.24) is 9.97 Å². The molecule has 2 heteroatoms. The minimum Gasteiger partial charge on any atom is -0.261 e. The fourth-order valence-electron chi connectivity index (χ4n) is 2.11. The quantitative estimate of drug-likeness (QED) is 0.594. The molecule has 0 fully saturated rings. The summed E-state index contributed by atoms with van der Waals surface area (Å²) in [5.41, 5.74) is 3.16. The largest absolute Gasteiger partial charge is 0.261 e. The van der Waals surface area contributed by atoms with E-state index in [1.165, 1.54) is 5.39 Å². The van der Waals surface area contributed by atoms with E-state index >= 15 is 0 Å². The Morgan fingerprint density at radius 2 is 1.41 bits per heavy atom. The zero-order valence-corrected chi connectivity index (χ0v) is 14.2. The standard InChI is InChI=1S/C16H14N2.2C2H6/c1-12(14-7-4-5-11-17-14)15-10-9-13-6-2-3-8-16(13)18-15;2*1-2/h2-12H,1H3;2*1-2H3. The molecule has 0 bridgehead atoms. The minimum absolute atomic E-state index is 0.218. The topological polar surface area (TPSA) is 25.8 Å². The monoisotopic (exact) mass is 294 g/mol. The molecule has 1 aromatic carbocycles. The van der Waals surface area contributed by atoms with Gasteiger partial charge in [-0.25, -0.2) is 0 Å². The van der Waals surface area contributed by atoms with E-state index in [0.717, 1.165) is 16.9 Å². The molecule has 0 saturated heterocycles. The number of nitrogens with zero attached hydrogens (tertiary/aromatic N) is 2. The number of hydrogen-bond acceptors (Lipinski definition) is 2. The molecule has 0 aliphatic heterocycles. The lowest BCUT2D eigenvalue weighted by atomic mass is 10.0. The first-order valence-corrected chi connectivity index (χ1v) is 8.11. The fourth-order valence-corrected chi connectivity index (χ4v) is 2.11. The van der Waals surface area contributed by atoms with Crippen molar-refractivity contribution in [2.75, 3.05) is 0 Å². The summed E-state index contributed by atoms with van der Waals surface area (Å²) >= 11 is 0. The van der Waals surface area contributed by atoms with Gasteiger partial charge in [0.1, 0.15) is 0 Å². The van der Waals surface area contributed by atoms with E-state index < -0.39 is 0 Å². The van der Waals surface area contributed by atoms with Crippen LogP contribution in [-0.4, -0.2) is 9.97 Å². The van der Waals surface area contributed by atoms with E-state index in [1.54, 1.807) is 0 Å². The van der Waals surface area contributed by atoms with Gasteiger partial charge in [0, 0.05) is 28.9 Å². The van der Waals surface area contributed by atoms with E-state index in [9.17, 15) is 0 Å². The Morgan fingerprint density at radius 1 is 0.727 bits per heavy atom. The van der Waals surface area contributed by atoms with Crippen molar-refractivity contribution in [3.63, 3.8) is 0 Å². The van der Waals surface area contributed by atoms with Crippen molar-refractivity contribution in [3.8, 4) is 0 Å². The minimum atomic E-state index is 0.218. The third-order valence-electron chi connectivity index (χ3n) is 3.20. The van der Waals surface area contributed by atoms with Crippen LogP contribution >= 0.6 is 0 Å². The number of para-hydroxylation sites is 1. The maximum Gasteiger partial charge on any atom is 0.0705 e. The van der Waals surface area contributed by atoms with E-state index in [-0.39, 0.29) is 5.92 Å². The van der Waals surface area contributed by atoms with Gasteiger partial charge in [0.25, 0.3) is 0 Å². The second kappa shape index (κ2) is 9.67. The van der Waals surface area contributed by atoms with Crippen LogP contribution in [0.3, 0.4) is 0 Å². The summed E-state index contributed by atoms with van der Waals surface area (Å²) in [5, 5.41) is 1.18. The van der Waals surface area contributed by atoms with Gasteiger partial charge in [-0.3, -0.25) is 9.97 Å². The Kier molecular flexibility index (Phi) is 7.84. The first kappa shape index (κ1) is 17.8. The summed E-state index contributed by atoms with van der Waals surface area (Å²) in [5.74, 6) is 0.218. The predicted octanol–water partition coefficient (Wildman–Crippen LogP) is 5.83. The van der Waals surface area contributed by atoms with Gasteiger partial charge in [-0.15, -0.1) is 0 Å². The molecule has 1 atom stereocenters. The number of rotatable bonds is 2. The average molecular weight is 294 g/mol. The number of pyridine rings is 2. The predicted molar refractivity (Wildman–Crippen MR) is 96.2 cm³/mol. The summed E-state index contributed by atoms with van der Waals surface area (Å²) in [4.78, 5) is 9.11. The summed E-state index contributed by atoms with van der Waals surface area (Å²) in [7, 11) is 0. The zero-order valence-electron chi connectivity index (χ0n) is 14.2. The second-order valence-corrected chi connectivity index (χ2v) is 4.41. The molecule has 0 spiro atoms. The van der Waals surface area contributed by atoms with E-state index in [4.69, 9.17) is 4.98 Å². The van der Waals surface area contributed by atoms with Crippen LogP contribution in [0.1, 0.15) is 51.9 Å². The van der Waals surface area contributed by atoms with Gasteiger partial charge in [-0.05, 0) is 24.3 Å². The zero-order chi connectivity index (χ0) is 16.4. The highest BCUT2D eigenvalue weighted by atomic mass is 14.7. The molecule has 0 aliphatic carbocycles. The highest BCUT2D eigenvalue weighted by Gasteiger charge is 2.10. The lowest BCUT2D eigenvalue weighted by Gasteiger charge is -2.10. The molecular formula is C20H26N2. The lowest BCUT2D eigenvalue weighted by Crippen LogP contribution is -2.01. The molecule has 0 aliphatic rings. The van der Waals surface area contributed by atoms with Crippen LogP contribution in [0.5, 0.6) is 0 Å². The first-order valence-electron chi connectivity index (χ1n) is 8.11. The van der Waals surface area contributed by atoms with Gasteiger partial charge >= 0.3 is 0 Å². The molecule has 116 valence electrons. The van der Waals surface area contributed by atoms with Gasteiger partial charge in [0.2, 0.25) is 0 Å². The highest BCUT2D eigenvalue weighted by molar-refractivity contribution is 5.78. The molecule has 2 aromatic heterocycles. The molecule has 3 rings (SSSR count). The maximum absolute atomic E-state index is 4.71. The summed E-state index contributed by atoms with van der Waals surface area (Å²) in [6.07, 6.45) is 1.83. The van der Waals surface area contributed by atoms with Crippen LogP contribution in [0, 0.1) is 0 Å². The number of hydrogen-bond donors (Lipinski definition) is 0. The van der Waals surface area contributed by atoms with Crippen LogP contribution in [0.2, 0.25) is 0 Å². The van der Waals surface area contributed by atoms with Crippen LogP contribution in [0.25, 0.3) is 10.9 Å². The Hall–Kier alpha value is -2.22. The van der Waals surface area contributed by atoms with E-state index in [1.807, 2.05) is 70.3 Å². The smallest absolute Gasteiger partial charge is 0.0705 e. The van der Waals surface area contributed by atoms with Crippen molar-refractivity contribution in [1.29, 1.82) is 0 Å². The van der Waals surface area contributed by atoms with Gasteiger partial charge < -0.3 is 0 Å². The molecular weight excluding hydrogens is 268 g/mol. The van der Waals surface area contributed by atoms with Crippen molar-refractivity contribution >= 4 is 10.9 Å². The molecule has 0 radical (unpaired) electrons. The van der Waals surface area contributed by atoms with Gasteiger partial charge in [0.15, 0.2) is 0 Å².